The third-order valence-electron chi connectivity index (χ3n) is 3.36. The highest BCUT2D eigenvalue weighted by atomic mass is 79.9. The van der Waals surface area contributed by atoms with Gasteiger partial charge < -0.3 is 5.11 Å². The van der Waals surface area contributed by atoms with Gasteiger partial charge in [-0.15, -0.1) is 11.3 Å². The van der Waals surface area contributed by atoms with Gasteiger partial charge in [0.1, 0.15) is 5.75 Å². The number of nitrogens with zero attached hydrogens (tertiary/aromatic N) is 1. The summed E-state index contributed by atoms with van der Waals surface area (Å²) < 4.78 is 1.00. The summed E-state index contributed by atoms with van der Waals surface area (Å²) in [7, 11) is 0. The van der Waals surface area contributed by atoms with E-state index in [4.69, 9.17) is 0 Å². The number of carbonyl (C=O) groups is 1. The third kappa shape index (κ3) is 3.43. The van der Waals surface area contributed by atoms with Gasteiger partial charge in [-0.3, -0.25) is 4.79 Å². The van der Waals surface area contributed by atoms with E-state index in [9.17, 15) is 9.90 Å². The average molecular weight is 389 g/mol. The van der Waals surface area contributed by atoms with Crippen LogP contribution in [-0.2, 0) is 0 Å². The minimum absolute atomic E-state index is 0.0621. The van der Waals surface area contributed by atoms with Crippen LogP contribution in [0.5, 0.6) is 5.75 Å². The van der Waals surface area contributed by atoms with Crippen molar-refractivity contribution in [1.82, 2.24) is 5.43 Å². The predicted octanol–water partition coefficient (Wildman–Crippen LogP) is 4.52. The largest absolute Gasteiger partial charge is 0.507 e. The Kier molecular flexibility index (Phi) is 4.45. The summed E-state index contributed by atoms with van der Waals surface area (Å²) in [5, 5.41) is 15.9. The first-order valence-electron chi connectivity index (χ1n) is 6.86. The summed E-state index contributed by atoms with van der Waals surface area (Å²) in [6, 6.07) is 14.6. The Morgan fingerprint density at radius 2 is 1.87 bits per heavy atom. The molecule has 116 valence electrons. The van der Waals surface area contributed by atoms with Gasteiger partial charge in [0.15, 0.2) is 0 Å². The molecular weight excluding hydrogens is 376 g/mol. The highest BCUT2D eigenvalue weighted by Gasteiger charge is 2.12. The Morgan fingerprint density at radius 1 is 1.17 bits per heavy atom. The Labute approximate surface area is 145 Å². The zero-order valence-corrected chi connectivity index (χ0v) is 14.6. The molecule has 0 fully saturated rings. The van der Waals surface area contributed by atoms with Gasteiger partial charge in [0.05, 0.1) is 19.9 Å². The molecule has 1 aromatic heterocycles. The molecule has 0 saturated heterocycles. The smallest absolute Gasteiger partial charge is 0.275 e. The number of thiophene rings is 1. The zero-order valence-electron chi connectivity index (χ0n) is 12.2. The topological polar surface area (TPSA) is 61.7 Å². The number of hydrogen-bond donors (Lipinski definition) is 2. The first-order chi connectivity index (χ1) is 11.0. The number of aromatic hydroxyl groups is 1. The van der Waals surface area contributed by atoms with Crippen LogP contribution in [-0.4, -0.2) is 16.7 Å². The van der Waals surface area contributed by atoms with Crippen LogP contribution in [0.15, 0.2) is 57.4 Å². The molecule has 0 spiro atoms. The molecule has 1 amide bonds. The molecule has 1 heterocycles. The molecule has 0 aliphatic heterocycles. The minimum atomic E-state index is -0.441. The number of phenolic OH excluding ortho intramolecular Hbond substituents is 1. The van der Waals surface area contributed by atoms with E-state index >= 15 is 0 Å². The van der Waals surface area contributed by atoms with Crippen LogP contribution in [0.3, 0.4) is 0 Å². The van der Waals surface area contributed by atoms with Gasteiger partial charge in [-0.05, 0) is 57.9 Å². The van der Waals surface area contributed by atoms with Crippen LogP contribution >= 0.6 is 27.3 Å². The van der Waals surface area contributed by atoms with E-state index in [-0.39, 0.29) is 11.3 Å². The number of halogens is 1. The number of phenols is 1. The fourth-order valence-corrected chi connectivity index (χ4v) is 3.50. The number of amides is 1. The van der Waals surface area contributed by atoms with E-state index in [1.54, 1.807) is 12.1 Å². The van der Waals surface area contributed by atoms with Crippen LogP contribution < -0.4 is 5.43 Å². The summed E-state index contributed by atoms with van der Waals surface area (Å²) in [5.41, 5.74) is 3.40. The van der Waals surface area contributed by atoms with Gasteiger partial charge in [0.2, 0.25) is 0 Å². The van der Waals surface area contributed by atoms with Gasteiger partial charge in [0.25, 0.3) is 5.91 Å². The third-order valence-corrected chi connectivity index (χ3v) is 5.10. The summed E-state index contributed by atoms with van der Waals surface area (Å²) in [4.78, 5) is 13.2. The number of fused-ring (bicyclic) bond motifs is 1. The van der Waals surface area contributed by atoms with E-state index in [1.165, 1.54) is 11.3 Å². The number of nitrogens with one attached hydrogen (secondary N) is 1. The van der Waals surface area contributed by atoms with E-state index < -0.39 is 5.91 Å². The lowest BCUT2D eigenvalue weighted by Crippen LogP contribution is -2.19. The second-order valence-corrected chi connectivity index (χ2v) is 7.42. The molecule has 3 aromatic rings. The molecule has 0 unspecified atom stereocenters. The van der Waals surface area contributed by atoms with Crippen LogP contribution in [0, 0.1) is 0 Å². The molecule has 0 radical (unpaired) electrons. The van der Waals surface area contributed by atoms with E-state index in [1.807, 2.05) is 43.3 Å². The number of carbonyl (C=O) groups excluding carboxylic acids is 1. The van der Waals surface area contributed by atoms with Gasteiger partial charge in [-0.25, -0.2) is 5.43 Å². The van der Waals surface area contributed by atoms with Crippen LogP contribution in [0.2, 0.25) is 0 Å². The summed E-state index contributed by atoms with van der Waals surface area (Å²) in [6.45, 7) is 1.82. The Balaban J connectivity index is 1.84. The fraction of sp³-hybridized carbons (Fsp3) is 0.0588. The maximum Gasteiger partial charge on any atom is 0.275 e. The van der Waals surface area contributed by atoms with Gasteiger partial charge in [-0.2, -0.15) is 5.10 Å². The van der Waals surface area contributed by atoms with Gasteiger partial charge in [0, 0.05) is 0 Å². The van der Waals surface area contributed by atoms with Crippen LogP contribution in [0.25, 0.3) is 10.8 Å². The molecule has 0 bridgehead atoms. The molecule has 0 aliphatic carbocycles. The first kappa shape index (κ1) is 15.7. The molecule has 6 heteroatoms. The summed E-state index contributed by atoms with van der Waals surface area (Å²) in [5.74, 6) is -0.504. The predicted molar refractivity (Wildman–Crippen MR) is 97.3 cm³/mol. The van der Waals surface area contributed by atoms with Crippen LogP contribution in [0.4, 0.5) is 0 Å². The molecule has 0 saturated carbocycles. The Hall–Kier alpha value is -2.18. The van der Waals surface area contributed by atoms with Crippen molar-refractivity contribution in [2.75, 3.05) is 0 Å². The normalized spacial score (nSPS) is 11.7. The molecule has 0 atom stereocenters. The van der Waals surface area contributed by atoms with E-state index in [2.05, 4.69) is 26.5 Å². The lowest BCUT2D eigenvalue weighted by molar-refractivity contribution is 0.0952. The monoisotopic (exact) mass is 388 g/mol. The van der Waals surface area contributed by atoms with Gasteiger partial charge >= 0.3 is 0 Å². The highest BCUT2D eigenvalue weighted by molar-refractivity contribution is 9.11. The number of rotatable bonds is 3. The van der Waals surface area contributed by atoms with Crippen molar-refractivity contribution in [3.8, 4) is 5.75 Å². The maximum atomic E-state index is 12.3. The summed E-state index contributed by atoms with van der Waals surface area (Å²) in [6.07, 6.45) is 0. The Morgan fingerprint density at radius 3 is 2.52 bits per heavy atom. The van der Waals surface area contributed by atoms with Crippen molar-refractivity contribution in [3.63, 3.8) is 0 Å². The second kappa shape index (κ2) is 6.52. The SMILES string of the molecule is C/C(=N/NC(=O)c1cc2ccccc2cc1O)c1ccc(Br)s1. The average Bonchev–Trinajstić information content (AvgIpc) is 2.98. The number of hydrazone groups is 1. The molecule has 4 nitrogen and oxygen atoms in total. The molecule has 2 aromatic carbocycles. The van der Waals surface area contributed by atoms with Crippen molar-refractivity contribution in [1.29, 1.82) is 0 Å². The lowest BCUT2D eigenvalue weighted by Gasteiger charge is -2.06. The van der Waals surface area contributed by atoms with Crippen molar-refractivity contribution in [2.24, 2.45) is 5.10 Å². The second-order valence-electron chi connectivity index (χ2n) is 4.96. The van der Waals surface area contributed by atoms with E-state index in [0.29, 0.717) is 5.71 Å². The minimum Gasteiger partial charge on any atom is -0.507 e. The van der Waals surface area contributed by atoms with Crippen molar-refractivity contribution < 1.29 is 9.90 Å². The van der Waals surface area contributed by atoms with Crippen molar-refractivity contribution in [2.45, 2.75) is 6.92 Å². The lowest BCUT2D eigenvalue weighted by atomic mass is 10.1. The standard InChI is InChI=1S/C17H13BrN2O2S/c1-10(15-6-7-16(18)23-15)19-20-17(22)13-8-11-4-2-3-5-12(11)9-14(13)21/h2-9,21H,1H3,(H,20,22)/b19-10-. The van der Waals surface area contributed by atoms with Gasteiger partial charge in [-0.1, -0.05) is 24.3 Å². The molecule has 2 N–H and O–H groups in total. The number of hydrogen-bond acceptors (Lipinski definition) is 4. The summed E-state index contributed by atoms with van der Waals surface area (Å²) >= 11 is 4.93. The van der Waals surface area contributed by atoms with Crippen LogP contribution in [0.1, 0.15) is 22.2 Å². The van der Waals surface area contributed by atoms with E-state index in [0.717, 1.165) is 19.4 Å². The van der Waals surface area contributed by atoms with Crippen molar-refractivity contribution >= 4 is 49.7 Å². The first-order valence-corrected chi connectivity index (χ1v) is 8.47. The molecular formula is C17H13BrN2O2S. The quantitative estimate of drug-likeness (QED) is 0.511. The Bertz CT molecular complexity index is 918. The molecule has 3 rings (SSSR count). The highest BCUT2D eigenvalue weighted by Crippen LogP contribution is 2.25. The zero-order chi connectivity index (χ0) is 16.4. The fourth-order valence-electron chi connectivity index (χ4n) is 2.17. The number of benzene rings is 2. The van der Waals surface area contributed by atoms with Crippen molar-refractivity contribution in [3.05, 3.63) is 62.8 Å². The molecule has 23 heavy (non-hydrogen) atoms. The molecule has 0 aliphatic rings. The maximum absolute atomic E-state index is 12.3.